The predicted molar refractivity (Wildman–Crippen MR) is 93.3 cm³/mol. The standard InChI is InChI=1S/C17H18NO2PS/c22-21(12-13-6-5-11-18-13)19-16-9-3-1-7-14(16)15-8-2-4-10-17(15)20-21/h1-4,7-10,13,18H,5-6,11-12H2/t13-/m0/s1. The Morgan fingerprint density at radius 2 is 1.59 bits per heavy atom. The molecule has 1 saturated heterocycles. The molecule has 1 fully saturated rings. The second-order valence-electron chi connectivity index (χ2n) is 5.76. The lowest BCUT2D eigenvalue weighted by atomic mass is 10.0. The van der Waals surface area contributed by atoms with Crippen molar-refractivity contribution in [1.29, 1.82) is 0 Å². The molecule has 0 spiro atoms. The van der Waals surface area contributed by atoms with E-state index in [4.69, 9.17) is 20.9 Å². The monoisotopic (exact) mass is 331 g/mol. The van der Waals surface area contributed by atoms with Crippen molar-refractivity contribution >= 4 is 18.3 Å². The Morgan fingerprint density at radius 3 is 2.14 bits per heavy atom. The van der Waals surface area contributed by atoms with Crippen LogP contribution in [0.4, 0.5) is 0 Å². The van der Waals surface area contributed by atoms with Gasteiger partial charge in [0.2, 0.25) is 0 Å². The summed E-state index contributed by atoms with van der Waals surface area (Å²) in [7, 11) is 0. The van der Waals surface area contributed by atoms with E-state index in [2.05, 4.69) is 17.4 Å². The fourth-order valence-corrected chi connectivity index (χ4v) is 6.09. The first-order valence-electron chi connectivity index (χ1n) is 7.64. The molecule has 3 nitrogen and oxygen atoms in total. The molecule has 114 valence electrons. The number of hydrogen-bond donors (Lipinski definition) is 1. The smallest absolute Gasteiger partial charge is 0.289 e. The van der Waals surface area contributed by atoms with E-state index < -0.39 is 6.49 Å². The maximum atomic E-state index is 6.25. The molecule has 0 saturated carbocycles. The van der Waals surface area contributed by atoms with Gasteiger partial charge in [0.25, 0.3) is 6.49 Å². The van der Waals surface area contributed by atoms with Crippen LogP contribution in [0.3, 0.4) is 0 Å². The lowest BCUT2D eigenvalue weighted by Crippen LogP contribution is -2.27. The van der Waals surface area contributed by atoms with E-state index in [0.717, 1.165) is 41.8 Å². The first-order chi connectivity index (χ1) is 10.7. The highest BCUT2D eigenvalue weighted by Gasteiger charge is 2.33. The molecule has 2 aromatic carbocycles. The number of fused-ring (bicyclic) bond motifs is 3. The van der Waals surface area contributed by atoms with Crippen LogP contribution in [0.1, 0.15) is 12.8 Å². The van der Waals surface area contributed by atoms with Gasteiger partial charge in [0.15, 0.2) is 0 Å². The maximum Gasteiger partial charge on any atom is 0.289 e. The van der Waals surface area contributed by atoms with Crippen molar-refractivity contribution < 1.29 is 9.05 Å². The molecule has 0 radical (unpaired) electrons. The third kappa shape index (κ3) is 2.67. The molecule has 0 aromatic heterocycles. The lowest BCUT2D eigenvalue weighted by Gasteiger charge is -2.24. The lowest BCUT2D eigenvalue weighted by molar-refractivity contribution is 0.483. The van der Waals surface area contributed by atoms with Crippen LogP contribution in [0.5, 0.6) is 11.5 Å². The van der Waals surface area contributed by atoms with Crippen molar-refractivity contribution in [1.82, 2.24) is 5.32 Å². The van der Waals surface area contributed by atoms with Crippen LogP contribution in [0.25, 0.3) is 11.1 Å². The fraction of sp³-hybridized carbons (Fsp3) is 0.294. The van der Waals surface area contributed by atoms with Crippen molar-refractivity contribution in [3.63, 3.8) is 0 Å². The summed E-state index contributed by atoms with van der Waals surface area (Å²) >= 11 is 5.86. The number of hydrogen-bond acceptors (Lipinski definition) is 4. The molecule has 5 heteroatoms. The van der Waals surface area contributed by atoms with Gasteiger partial charge in [-0.2, -0.15) is 0 Å². The van der Waals surface area contributed by atoms with Gasteiger partial charge >= 0.3 is 0 Å². The zero-order chi connectivity index (χ0) is 15.0. The number of benzene rings is 2. The molecule has 2 heterocycles. The van der Waals surface area contributed by atoms with Crippen LogP contribution in [-0.2, 0) is 11.8 Å². The minimum absolute atomic E-state index is 0.406. The summed E-state index contributed by atoms with van der Waals surface area (Å²) in [5.41, 5.74) is 2.12. The molecule has 1 N–H and O–H groups in total. The Hall–Kier alpha value is -1.35. The number of para-hydroxylation sites is 2. The van der Waals surface area contributed by atoms with Crippen molar-refractivity contribution in [3.05, 3.63) is 48.5 Å². The van der Waals surface area contributed by atoms with E-state index in [1.807, 2.05) is 36.4 Å². The molecule has 0 amide bonds. The molecule has 2 aliphatic heterocycles. The molecule has 0 bridgehead atoms. The summed E-state index contributed by atoms with van der Waals surface area (Å²) in [6, 6.07) is 16.5. The predicted octanol–water partition coefficient (Wildman–Crippen LogP) is 4.19. The van der Waals surface area contributed by atoms with Crippen LogP contribution in [0.2, 0.25) is 0 Å². The topological polar surface area (TPSA) is 30.5 Å². The summed E-state index contributed by atoms with van der Waals surface area (Å²) in [5, 5.41) is 3.50. The minimum Gasteiger partial charge on any atom is -0.435 e. The number of rotatable bonds is 2. The molecule has 22 heavy (non-hydrogen) atoms. The van der Waals surface area contributed by atoms with Crippen LogP contribution in [0.15, 0.2) is 48.5 Å². The van der Waals surface area contributed by atoms with Gasteiger partial charge in [-0.15, -0.1) is 0 Å². The Kier molecular flexibility index (Phi) is 3.69. The Morgan fingerprint density at radius 1 is 1.00 bits per heavy atom. The van der Waals surface area contributed by atoms with Crippen LogP contribution >= 0.6 is 6.49 Å². The minimum atomic E-state index is -2.40. The van der Waals surface area contributed by atoms with Crippen LogP contribution in [0, 0.1) is 0 Å². The molecule has 2 aromatic rings. The van der Waals surface area contributed by atoms with E-state index >= 15 is 0 Å². The molecule has 1 atom stereocenters. The van der Waals surface area contributed by atoms with Gasteiger partial charge in [-0.3, -0.25) is 0 Å². The van der Waals surface area contributed by atoms with E-state index in [1.54, 1.807) is 0 Å². The highest BCUT2D eigenvalue weighted by atomic mass is 32.5. The van der Waals surface area contributed by atoms with Crippen molar-refractivity contribution in [2.45, 2.75) is 18.9 Å². The second-order valence-corrected chi connectivity index (χ2v) is 9.38. The Balaban J connectivity index is 1.77. The van der Waals surface area contributed by atoms with Crippen LogP contribution < -0.4 is 14.4 Å². The first kappa shape index (κ1) is 14.3. The second kappa shape index (κ2) is 5.69. The zero-order valence-corrected chi connectivity index (χ0v) is 13.9. The fourth-order valence-electron chi connectivity index (χ4n) is 3.11. The molecular weight excluding hydrogens is 313 g/mol. The molecule has 2 aliphatic rings. The SMILES string of the molecule is S=P1(C[C@@H]2CCCN2)Oc2ccccc2-c2ccccc2O1. The van der Waals surface area contributed by atoms with Gasteiger partial charge in [0.05, 0.1) is 6.16 Å². The summed E-state index contributed by atoms with van der Waals surface area (Å²) in [6.07, 6.45) is 3.12. The van der Waals surface area contributed by atoms with Crippen molar-refractivity contribution in [2.24, 2.45) is 0 Å². The first-order valence-corrected chi connectivity index (χ1v) is 10.5. The zero-order valence-electron chi connectivity index (χ0n) is 12.2. The van der Waals surface area contributed by atoms with Crippen LogP contribution in [-0.4, -0.2) is 18.7 Å². The summed E-state index contributed by atoms with van der Waals surface area (Å²) < 4.78 is 12.5. The van der Waals surface area contributed by atoms with Crippen molar-refractivity contribution in [2.75, 3.05) is 12.7 Å². The third-order valence-electron chi connectivity index (χ3n) is 4.15. The quantitative estimate of drug-likeness (QED) is 0.836. The summed E-state index contributed by atoms with van der Waals surface area (Å²) in [5.74, 6) is 1.68. The van der Waals surface area contributed by atoms with Gasteiger partial charge in [0.1, 0.15) is 11.5 Å². The Bertz CT molecular complexity index is 691. The highest BCUT2D eigenvalue weighted by molar-refractivity contribution is 8.10. The van der Waals surface area contributed by atoms with E-state index in [9.17, 15) is 0 Å². The maximum absolute atomic E-state index is 6.25. The number of nitrogens with one attached hydrogen (secondary N) is 1. The summed E-state index contributed by atoms with van der Waals surface area (Å²) in [6.45, 7) is -1.34. The van der Waals surface area contributed by atoms with E-state index in [1.165, 1.54) is 6.42 Å². The van der Waals surface area contributed by atoms with Gasteiger partial charge < -0.3 is 14.4 Å². The Labute approximate surface area is 135 Å². The molecule has 0 aliphatic carbocycles. The van der Waals surface area contributed by atoms with E-state index in [-0.39, 0.29) is 0 Å². The average Bonchev–Trinajstić information content (AvgIpc) is 2.96. The van der Waals surface area contributed by atoms with Crippen molar-refractivity contribution in [3.8, 4) is 22.6 Å². The molecular formula is C17H18NO2PS. The van der Waals surface area contributed by atoms with Gasteiger partial charge in [0, 0.05) is 17.2 Å². The average molecular weight is 331 g/mol. The molecule has 0 unspecified atom stereocenters. The van der Waals surface area contributed by atoms with Gasteiger partial charge in [-0.25, -0.2) is 0 Å². The molecule has 4 rings (SSSR count). The van der Waals surface area contributed by atoms with E-state index in [0.29, 0.717) is 6.04 Å². The van der Waals surface area contributed by atoms with Gasteiger partial charge in [-0.1, -0.05) is 36.4 Å². The third-order valence-corrected chi connectivity index (χ3v) is 6.88. The summed E-state index contributed by atoms with van der Waals surface area (Å²) in [4.78, 5) is 0. The highest BCUT2D eigenvalue weighted by Crippen LogP contribution is 2.56. The largest absolute Gasteiger partial charge is 0.435 e. The normalized spacial score (nSPS) is 21.9. The van der Waals surface area contributed by atoms with Gasteiger partial charge in [-0.05, 0) is 43.3 Å².